The summed E-state index contributed by atoms with van der Waals surface area (Å²) in [6.07, 6.45) is 11.5. The van der Waals surface area contributed by atoms with Gasteiger partial charge in [-0.25, -0.2) is 19.9 Å². The molecule has 9 nitrogen and oxygen atoms in total. The van der Waals surface area contributed by atoms with Crippen LogP contribution in [-0.4, -0.2) is 54.2 Å². The first-order valence-corrected chi connectivity index (χ1v) is 21.8. The number of benzene rings is 1. The zero-order valence-electron chi connectivity index (χ0n) is 34.8. The number of hydrogen-bond acceptors (Lipinski definition) is 11. The fourth-order valence-electron chi connectivity index (χ4n) is 8.61. The fraction of sp³-hybridized carbons (Fsp3) is 0.511. The summed E-state index contributed by atoms with van der Waals surface area (Å²) >= 11 is 3.46. The maximum absolute atomic E-state index is 5.94. The van der Waals surface area contributed by atoms with Crippen LogP contribution in [0.5, 0.6) is 5.06 Å². The highest BCUT2D eigenvalue weighted by Crippen LogP contribution is 2.35. The van der Waals surface area contributed by atoms with Crippen molar-refractivity contribution in [3.8, 4) is 26.2 Å². The molecule has 0 radical (unpaired) electrons. The van der Waals surface area contributed by atoms with E-state index < -0.39 is 0 Å². The standard InChI is InChI=1S/C24H30N4OS.C21H32N4S/c1-23(2)14-18(15-24(3,4)28-23)26-22-25-13-12-19(27-22)20-10-11-21(30-20)29-16-17-8-6-5-7-9-17;1-6-7-8-16-9-10-18(26-16)17-11-12-22-19(24-17)23-15-13-20(2,3)25-21(4,5)14-15/h5-13,18,28H,14-16H2,1-4H3,(H,25,26,27);9-12,15,25H,6-8,13-14H2,1-5H3,(H,22,23,24). The SMILES string of the molecule is CC1(C)CC(Nc2nccc(-c3ccc(OCc4ccccc4)s3)n2)CC(C)(C)N1.CCCCc1ccc(-c2ccnc(NC3CC(C)(C)NC(C)(C)C3)n2)s1. The number of aryl methyl sites for hydroxylation is 1. The van der Waals surface area contributed by atoms with Gasteiger partial charge in [-0.15, -0.1) is 11.3 Å². The molecule has 4 aromatic heterocycles. The highest BCUT2D eigenvalue weighted by Gasteiger charge is 2.39. The lowest BCUT2D eigenvalue weighted by Crippen LogP contribution is -2.60. The number of nitrogens with zero attached hydrogens (tertiary/aromatic N) is 4. The molecule has 1 aromatic carbocycles. The first-order chi connectivity index (χ1) is 26.5. The highest BCUT2D eigenvalue weighted by molar-refractivity contribution is 7.17. The van der Waals surface area contributed by atoms with E-state index in [4.69, 9.17) is 14.7 Å². The van der Waals surface area contributed by atoms with Crippen molar-refractivity contribution in [2.75, 3.05) is 10.6 Å². The van der Waals surface area contributed by atoms with Crippen LogP contribution in [0.2, 0.25) is 0 Å². The molecule has 0 atom stereocenters. The van der Waals surface area contributed by atoms with Gasteiger partial charge in [0.05, 0.1) is 21.1 Å². The Morgan fingerprint density at radius 2 is 1.14 bits per heavy atom. The van der Waals surface area contributed by atoms with E-state index in [1.54, 1.807) is 11.3 Å². The van der Waals surface area contributed by atoms with Crippen molar-refractivity contribution in [1.82, 2.24) is 30.6 Å². The minimum absolute atomic E-state index is 0.0791. The van der Waals surface area contributed by atoms with Crippen LogP contribution in [-0.2, 0) is 13.0 Å². The summed E-state index contributed by atoms with van der Waals surface area (Å²) in [6.45, 7) is 20.9. The van der Waals surface area contributed by atoms with Gasteiger partial charge in [0.25, 0.3) is 0 Å². The van der Waals surface area contributed by atoms with Gasteiger partial charge in [0.15, 0.2) is 5.06 Å². The van der Waals surface area contributed by atoms with Gasteiger partial charge in [0.2, 0.25) is 11.9 Å². The molecule has 0 saturated carbocycles. The lowest BCUT2D eigenvalue weighted by molar-refractivity contribution is 0.170. The molecule has 2 saturated heterocycles. The zero-order valence-corrected chi connectivity index (χ0v) is 36.5. The van der Waals surface area contributed by atoms with Crippen molar-refractivity contribution in [1.29, 1.82) is 0 Å². The van der Waals surface area contributed by atoms with E-state index >= 15 is 0 Å². The average molecular weight is 795 g/mol. The highest BCUT2D eigenvalue weighted by atomic mass is 32.1. The van der Waals surface area contributed by atoms with Crippen molar-refractivity contribution < 1.29 is 4.74 Å². The lowest BCUT2D eigenvalue weighted by Gasteiger charge is -2.46. The monoisotopic (exact) mass is 794 g/mol. The third-order valence-corrected chi connectivity index (χ3v) is 12.3. The Balaban J connectivity index is 0.000000192. The molecule has 0 amide bonds. The van der Waals surface area contributed by atoms with E-state index in [1.807, 2.05) is 60.1 Å². The zero-order chi connectivity index (χ0) is 40.0. The maximum Gasteiger partial charge on any atom is 0.223 e. The van der Waals surface area contributed by atoms with Crippen LogP contribution >= 0.6 is 22.7 Å². The molecule has 7 rings (SSSR count). The second-order valence-corrected chi connectivity index (χ2v) is 20.3. The number of aromatic nitrogens is 4. The van der Waals surface area contributed by atoms with E-state index in [2.05, 4.69) is 124 Å². The first-order valence-electron chi connectivity index (χ1n) is 20.2. The van der Waals surface area contributed by atoms with Crippen LogP contribution in [0.15, 0.2) is 79.1 Å². The molecule has 0 aliphatic carbocycles. The number of nitrogens with one attached hydrogen (secondary N) is 4. The molecule has 0 spiro atoms. The Hall–Kier alpha value is -3.90. The molecule has 300 valence electrons. The number of hydrogen-bond donors (Lipinski definition) is 4. The topological polar surface area (TPSA) is 109 Å². The van der Waals surface area contributed by atoms with Gasteiger partial charge in [-0.3, -0.25) is 0 Å². The van der Waals surface area contributed by atoms with E-state index in [0.717, 1.165) is 64.9 Å². The molecule has 2 aliphatic heterocycles. The quantitative estimate of drug-likeness (QED) is 0.0981. The molecule has 0 bridgehead atoms. The average Bonchev–Trinajstić information content (AvgIpc) is 3.79. The van der Waals surface area contributed by atoms with Crippen LogP contribution in [0.25, 0.3) is 21.1 Å². The Labute approximate surface area is 343 Å². The Kier molecular flexibility index (Phi) is 13.2. The molecular weight excluding hydrogens is 733 g/mol. The Bertz CT molecular complexity index is 1970. The minimum atomic E-state index is 0.0791. The normalized spacial score (nSPS) is 18.7. The van der Waals surface area contributed by atoms with Crippen LogP contribution < -0.4 is 26.0 Å². The maximum atomic E-state index is 5.94. The summed E-state index contributed by atoms with van der Waals surface area (Å²) in [7, 11) is 0. The summed E-state index contributed by atoms with van der Waals surface area (Å²) in [5.41, 5.74) is 3.47. The second kappa shape index (κ2) is 17.7. The number of piperidine rings is 2. The number of rotatable bonds is 12. The van der Waals surface area contributed by atoms with Crippen molar-refractivity contribution in [3.05, 3.63) is 89.6 Å². The van der Waals surface area contributed by atoms with Crippen molar-refractivity contribution in [3.63, 3.8) is 0 Å². The van der Waals surface area contributed by atoms with Crippen molar-refractivity contribution >= 4 is 34.6 Å². The number of ether oxygens (including phenoxy) is 1. The summed E-state index contributed by atoms with van der Waals surface area (Å²) in [4.78, 5) is 22.3. The smallest absolute Gasteiger partial charge is 0.223 e. The lowest BCUT2D eigenvalue weighted by atomic mass is 9.79. The molecule has 56 heavy (non-hydrogen) atoms. The largest absolute Gasteiger partial charge is 0.479 e. The van der Waals surface area contributed by atoms with Gasteiger partial charge in [0.1, 0.15) is 6.61 Å². The van der Waals surface area contributed by atoms with Gasteiger partial charge < -0.3 is 26.0 Å². The van der Waals surface area contributed by atoms with E-state index in [-0.39, 0.29) is 22.2 Å². The van der Waals surface area contributed by atoms with Gasteiger partial charge in [0, 0.05) is 51.5 Å². The minimum Gasteiger partial charge on any atom is -0.479 e. The van der Waals surface area contributed by atoms with Gasteiger partial charge in [-0.05, 0) is 136 Å². The third-order valence-electron chi connectivity index (χ3n) is 10.1. The third kappa shape index (κ3) is 12.3. The summed E-state index contributed by atoms with van der Waals surface area (Å²) in [5, 5.41) is 15.5. The Morgan fingerprint density at radius 1 is 0.643 bits per heavy atom. The van der Waals surface area contributed by atoms with Crippen LogP contribution in [0, 0.1) is 0 Å². The van der Waals surface area contributed by atoms with E-state index in [9.17, 15) is 0 Å². The predicted molar refractivity (Wildman–Crippen MR) is 236 cm³/mol. The van der Waals surface area contributed by atoms with Crippen LogP contribution in [0.1, 0.15) is 111 Å². The number of unbranched alkanes of at least 4 members (excludes halogenated alkanes) is 1. The summed E-state index contributed by atoms with van der Waals surface area (Å²) < 4.78 is 5.94. The predicted octanol–water partition coefficient (Wildman–Crippen LogP) is 10.8. The number of anilines is 2. The van der Waals surface area contributed by atoms with Crippen LogP contribution in [0.4, 0.5) is 11.9 Å². The molecule has 11 heteroatoms. The van der Waals surface area contributed by atoms with Crippen molar-refractivity contribution in [2.24, 2.45) is 0 Å². The van der Waals surface area contributed by atoms with Crippen molar-refractivity contribution in [2.45, 2.75) is 148 Å². The molecule has 4 N–H and O–H groups in total. The van der Waals surface area contributed by atoms with E-state index in [1.165, 1.54) is 22.6 Å². The van der Waals surface area contributed by atoms with Gasteiger partial charge >= 0.3 is 0 Å². The molecule has 0 unspecified atom stereocenters. The second-order valence-electron chi connectivity index (χ2n) is 18.1. The van der Waals surface area contributed by atoms with Gasteiger partial charge in [-0.2, -0.15) is 0 Å². The summed E-state index contributed by atoms with van der Waals surface area (Å²) in [6, 6.07) is 23.4. The van der Waals surface area contributed by atoms with E-state index in [0.29, 0.717) is 24.6 Å². The first kappa shape index (κ1) is 41.7. The molecule has 2 fully saturated rings. The summed E-state index contributed by atoms with van der Waals surface area (Å²) in [5.74, 6) is 1.43. The van der Waals surface area contributed by atoms with Gasteiger partial charge in [-0.1, -0.05) is 55.0 Å². The van der Waals surface area contributed by atoms with Crippen LogP contribution in [0.3, 0.4) is 0 Å². The fourth-order valence-corrected chi connectivity index (χ4v) is 10.5. The molecule has 5 aromatic rings. The molecule has 2 aliphatic rings. The Morgan fingerprint density at radius 3 is 1.66 bits per heavy atom. The molecular formula is C45H62N8OS2. The molecule has 6 heterocycles. The number of thiophene rings is 2.